The zero-order valence-corrected chi connectivity index (χ0v) is 17.7. The minimum atomic E-state index is -3.36. The van der Waals surface area contributed by atoms with E-state index in [1.54, 1.807) is 30.8 Å². The highest BCUT2D eigenvalue weighted by Gasteiger charge is 2.49. The Balaban J connectivity index is 1.56. The van der Waals surface area contributed by atoms with Crippen molar-refractivity contribution in [2.24, 2.45) is 0 Å². The number of rotatable bonds is 5. The van der Waals surface area contributed by atoms with E-state index in [4.69, 9.17) is 0 Å². The molecule has 4 rings (SSSR count). The summed E-state index contributed by atoms with van der Waals surface area (Å²) in [5.41, 5.74) is -0.260. The maximum atomic E-state index is 13.1. The van der Waals surface area contributed by atoms with Gasteiger partial charge < -0.3 is 5.32 Å². The Morgan fingerprint density at radius 3 is 2.43 bits per heavy atom. The molecule has 3 heterocycles. The van der Waals surface area contributed by atoms with E-state index in [9.17, 15) is 18.0 Å². The molecule has 154 valence electrons. The van der Waals surface area contributed by atoms with Crippen LogP contribution in [0.4, 0.5) is 4.79 Å². The van der Waals surface area contributed by atoms with Crippen molar-refractivity contribution in [1.82, 2.24) is 25.2 Å². The molecule has 0 bridgehead atoms. The number of urea groups is 1. The van der Waals surface area contributed by atoms with Crippen LogP contribution in [0.3, 0.4) is 0 Å². The smallest absolute Gasteiger partial charge is 0.319 e. The van der Waals surface area contributed by atoms with Crippen LogP contribution < -0.4 is 5.32 Å². The minimum Gasteiger partial charge on any atom is -0.319 e. The summed E-state index contributed by atoms with van der Waals surface area (Å²) in [6.45, 7) is 1.60. The lowest BCUT2D eigenvalue weighted by Gasteiger charge is -2.22. The van der Waals surface area contributed by atoms with Gasteiger partial charge in [0.15, 0.2) is 20.7 Å². The topological polar surface area (TPSA) is 122 Å². The molecule has 0 aliphatic carbocycles. The van der Waals surface area contributed by atoms with E-state index < -0.39 is 27.3 Å². The number of thiazole rings is 1. The molecule has 3 amide bonds. The monoisotopic (exact) mass is 443 g/mol. The van der Waals surface area contributed by atoms with Gasteiger partial charge in [-0.2, -0.15) is 0 Å². The van der Waals surface area contributed by atoms with Crippen molar-refractivity contribution in [3.05, 3.63) is 59.4 Å². The summed E-state index contributed by atoms with van der Waals surface area (Å²) in [7, 11) is -3.36. The van der Waals surface area contributed by atoms with Crippen molar-refractivity contribution in [2.45, 2.75) is 23.9 Å². The molecule has 2 aromatic heterocycles. The van der Waals surface area contributed by atoms with Gasteiger partial charge in [-0.15, -0.1) is 11.3 Å². The van der Waals surface area contributed by atoms with E-state index in [1.165, 1.54) is 35.6 Å². The third-order valence-corrected chi connectivity index (χ3v) is 6.78. The lowest BCUT2D eigenvalue weighted by molar-refractivity contribution is -0.131. The van der Waals surface area contributed by atoms with E-state index >= 15 is 0 Å². The third kappa shape index (κ3) is 3.57. The van der Waals surface area contributed by atoms with E-state index in [2.05, 4.69) is 20.3 Å². The fourth-order valence-corrected chi connectivity index (χ4v) is 4.51. The summed E-state index contributed by atoms with van der Waals surface area (Å²) >= 11 is 1.33. The van der Waals surface area contributed by atoms with Crippen molar-refractivity contribution >= 4 is 33.1 Å². The van der Waals surface area contributed by atoms with Gasteiger partial charge >= 0.3 is 6.03 Å². The van der Waals surface area contributed by atoms with E-state index in [0.29, 0.717) is 22.1 Å². The fraction of sp³-hybridized carbons (Fsp3) is 0.211. The van der Waals surface area contributed by atoms with Crippen LogP contribution in [0.5, 0.6) is 0 Å². The number of hydrogen-bond acceptors (Lipinski definition) is 8. The fourth-order valence-electron chi connectivity index (χ4n) is 3.13. The van der Waals surface area contributed by atoms with Gasteiger partial charge in [0.2, 0.25) is 0 Å². The quantitative estimate of drug-likeness (QED) is 0.598. The van der Waals surface area contributed by atoms with Crippen LogP contribution >= 0.6 is 11.3 Å². The number of aromatic nitrogens is 3. The largest absolute Gasteiger partial charge is 0.325 e. The van der Waals surface area contributed by atoms with Crippen molar-refractivity contribution in [3.63, 3.8) is 0 Å². The molecular weight excluding hydrogens is 426 g/mol. The molecule has 11 heteroatoms. The first kappa shape index (κ1) is 20.1. The van der Waals surface area contributed by atoms with Crippen LogP contribution in [0.2, 0.25) is 0 Å². The van der Waals surface area contributed by atoms with Gasteiger partial charge in [-0.3, -0.25) is 9.69 Å². The van der Waals surface area contributed by atoms with E-state index in [0.717, 1.165) is 11.2 Å². The summed E-state index contributed by atoms with van der Waals surface area (Å²) in [6, 6.07) is 7.07. The molecule has 1 atom stereocenters. The normalized spacial score (nSPS) is 19.2. The number of carbonyl (C=O) groups excluding carboxylic acids is 2. The van der Waals surface area contributed by atoms with Gasteiger partial charge in [0.1, 0.15) is 5.54 Å². The Hall–Kier alpha value is -3.18. The Kier molecular flexibility index (Phi) is 4.86. The highest BCUT2D eigenvalue weighted by molar-refractivity contribution is 7.90. The van der Waals surface area contributed by atoms with Gasteiger partial charge in [0.25, 0.3) is 5.91 Å². The molecule has 0 radical (unpaired) electrons. The highest BCUT2D eigenvalue weighted by atomic mass is 32.2. The van der Waals surface area contributed by atoms with Crippen LogP contribution in [-0.2, 0) is 26.7 Å². The first-order chi connectivity index (χ1) is 14.2. The Morgan fingerprint density at radius 2 is 1.80 bits per heavy atom. The van der Waals surface area contributed by atoms with Crippen LogP contribution in [0.15, 0.2) is 53.0 Å². The number of hydrogen-bond donors (Lipinski definition) is 1. The molecule has 30 heavy (non-hydrogen) atoms. The second kappa shape index (κ2) is 7.26. The zero-order valence-electron chi connectivity index (χ0n) is 16.1. The summed E-state index contributed by atoms with van der Waals surface area (Å²) in [5.74, 6) is 0.0341. The standard InChI is InChI=1S/C19H17N5O4S2/c1-19(12-4-6-14(7-5-12)30(2,27)28)17(25)24(18(26)23-19)10-13-11-29-16(22-13)15-20-8-3-9-21-15/h3-9,11H,10H2,1-2H3,(H,23,26). The number of carbonyl (C=O) groups is 2. The highest BCUT2D eigenvalue weighted by Crippen LogP contribution is 2.31. The SMILES string of the molecule is CC1(c2ccc(S(C)(=O)=O)cc2)NC(=O)N(Cc2csc(-c3ncccn3)n2)C1=O. The number of amides is 3. The minimum absolute atomic E-state index is 0.00497. The number of nitrogens with zero attached hydrogens (tertiary/aromatic N) is 4. The molecule has 1 aromatic carbocycles. The summed E-state index contributed by atoms with van der Waals surface area (Å²) in [6.07, 6.45) is 4.33. The predicted octanol–water partition coefficient (Wildman–Crippen LogP) is 1.97. The van der Waals surface area contributed by atoms with Gasteiger partial charge in [0.05, 0.1) is 17.1 Å². The second-order valence-corrected chi connectivity index (χ2v) is 9.83. The molecule has 0 spiro atoms. The van der Waals surface area contributed by atoms with Crippen molar-refractivity contribution < 1.29 is 18.0 Å². The number of imide groups is 1. The van der Waals surface area contributed by atoms with Gasteiger partial charge in [-0.1, -0.05) is 12.1 Å². The number of nitrogens with one attached hydrogen (secondary N) is 1. The molecular formula is C19H17N5O4S2. The molecule has 1 aliphatic rings. The van der Waals surface area contributed by atoms with Crippen molar-refractivity contribution in [2.75, 3.05) is 6.26 Å². The molecule has 1 aliphatic heterocycles. The van der Waals surface area contributed by atoms with Gasteiger partial charge in [-0.05, 0) is 30.7 Å². The summed E-state index contributed by atoms with van der Waals surface area (Å²) < 4.78 is 23.3. The van der Waals surface area contributed by atoms with Crippen molar-refractivity contribution in [3.8, 4) is 10.8 Å². The van der Waals surface area contributed by atoms with Crippen LogP contribution in [0.25, 0.3) is 10.8 Å². The van der Waals surface area contributed by atoms with Gasteiger partial charge in [0, 0.05) is 24.0 Å². The maximum absolute atomic E-state index is 13.1. The molecule has 0 saturated carbocycles. The summed E-state index contributed by atoms with van der Waals surface area (Å²) in [4.78, 5) is 39.6. The average Bonchev–Trinajstić information content (AvgIpc) is 3.27. The lowest BCUT2D eigenvalue weighted by Crippen LogP contribution is -2.40. The van der Waals surface area contributed by atoms with Crippen molar-refractivity contribution in [1.29, 1.82) is 0 Å². The molecule has 1 saturated heterocycles. The molecule has 9 nitrogen and oxygen atoms in total. The van der Waals surface area contributed by atoms with Crippen LogP contribution in [-0.4, -0.2) is 46.5 Å². The first-order valence-corrected chi connectivity index (χ1v) is 11.6. The average molecular weight is 444 g/mol. The van der Waals surface area contributed by atoms with E-state index in [-0.39, 0.29) is 11.4 Å². The molecule has 1 fully saturated rings. The van der Waals surface area contributed by atoms with Crippen LogP contribution in [0, 0.1) is 0 Å². The second-order valence-electron chi connectivity index (χ2n) is 6.96. The molecule has 3 aromatic rings. The summed E-state index contributed by atoms with van der Waals surface area (Å²) in [5, 5.41) is 5.05. The predicted molar refractivity (Wildman–Crippen MR) is 109 cm³/mol. The zero-order chi connectivity index (χ0) is 21.5. The third-order valence-electron chi connectivity index (χ3n) is 4.76. The van der Waals surface area contributed by atoms with Gasteiger partial charge in [-0.25, -0.2) is 28.2 Å². The molecule has 1 N–H and O–H groups in total. The molecule has 1 unspecified atom stereocenters. The maximum Gasteiger partial charge on any atom is 0.325 e. The number of sulfone groups is 1. The van der Waals surface area contributed by atoms with Crippen LogP contribution in [0.1, 0.15) is 18.2 Å². The Bertz CT molecular complexity index is 1230. The lowest BCUT2D eigenvalue weighted by atomic mass is 9.92. The first-order valence-electron chi connectivity index (χ1n) is 8.85. The van der Waals surface area contributed by atoms with E-state index in [1.807, 2.05) is 0 Å². The number of benzene rings is 1. The Morgan fingerprint density at radius 1 is 1.13 bits per heavy atom. The Labute approximate surface area is 176 Å².